The highest BCUT2D eigenvalue weighted by molar-refractivity contribution is 6.99. The maximum absolute atomic E-state index is 13.7. The molecule has 0 saturated carbocycles. The van der Waals surface area contributed by atoms with Crippen molar-refractivity contribution in [3.8, 4) is 5.75 Å². The minimum atomic E-state index is -2.76. The van der Waals surface area contributed by atoms with Crippen LogP contribution < -0.4 is 15.1 Å². The maximum atomic E-state index is 13.7. The van der Waals surface area contributed by atoms with E-state index in [-0.39, 0.29) is 35.6 Å². The molecule has 0 radical (unpaired) electrons. The summed E-state index contributed by atoms with van der Waals surface area (Å²) in [5.74, 6) is 0.575. The van der Waals surface area contributed by atoms with Gasteiger partial charge in [0.2, 0.25) is 0 Å². The van der Waals surface area contributed by atoms with Gasteiger partial charge in [-0.1, -0.05) is 93.6 Å². The van der Waals surface area contributed by atoms with Crippen LogP contribution >= 0.6 is 0 Å². The highest BCUT2D eigenvalue weighted by atomic mass is 28.4. The normalized spacial score (nSPS) is 24.8. The average molecular weight is 574 g/mol. The smallest absolute Gasteiger partial charge is 0.261 e. The lowest BCUT2D eigenvalue weighted by atomic mass is 9.87. The number of hydrogen-bond donors (Lipinski definition) is 1. The van der Waals surface area contributed by atoms with Gasteiger partial charge in [-0.05, 0) is 52.9 Å². The van der Waals surface area contributed by atoms with Crippen molar-refractivity contribution in [3.05, 3.63) is 90.5 Å². The summed E-state index contributed by atoms with van der Waals surface area (Å²) in [7, 11) is -1.11. The first-order valence-corrected chi connectivity index (χ1v) is 16.5. The molecule has 1 amide bonds. The van der Waals surface area contributed by atoms with Gasteiger partial charge >= 0.3 is 0 Å². The zero-order valence-electron chi connectivity index (χ0n) is 24.9. The number of rotatable bonds is 9. The van der Waals surface area contributed by atoms with Crippen molar-refractivity contribution in [1.29, 1.82) is 0 Å². The van der Waals surface area contributed by atoms with Crippen molar-refractivity contribution < 1.29 is 23.8 Å². The Morgan fingerprint density at radius 1 is 0.927 bits per heavy atom. The first-order valence-electron chi connectivity index (χ1n) is 14.6. The number of carbonyl (C=O) groups is 1. The maximum Gasteiger partial charge on any atom is 0.261 e. The van der Waals surface area contributed by atoms with Crippen molar-refractivity contribution in [1.82, 2.24) is 4.90 Å². The van der Waals surface area contributed by atoms with Crippen LogP contribution in [0.15, 0.2) is 84.9 Å². The van der Waals surface area contributed by atoms with Gasteiger partial charge < -0.3 is 23.9 Å². The Morgan fingerprint density at radius 2 is 1.51 bits per heavy atom. The van der Waals surface area contributed by atoms with Gasteiger partial charge in [-0.3, -0.25) is 4.79 Å². The molecular weight excluding hydrogens is 530 g/mol. The van der Waals surface area contributed by atoms with Crippen LogP contribution in [0.2, 0.25) is 5.04 Å². The Hall–Kier alpha value is -2.97. The van der Waals surface area contributed by atoms with E-state index >= 15 is 0 Å². The van der Waals surface area contributed by atoms with Crippen LogP contribution in [0.5, 0.6) is 5.75 Å². The number of nitrogens with zero attached hydrogens (tertiary/aromatic N) is 1. The van der Waals surface area contributed by atoms with Crippen molar-refractivity contribution in [2.24, 2.45) is 0 Å². The molecule has 0 spiro atoms. The highest BCUT2D eigenvalue weighted by Crippen LogP contribution is 2.41. The number of piperidine rings is 1. The number of methoxy groups -OCH3 is 1. The largest absolute Gasteiger partial charge is 0.497 e. The minimum Gasteiger partial charge on any atom is -0.497 e. The highest BCUT2D eigenvalue weighted by Gasteiger charge is 2.55. The molecule has 2 heterocycles. The predicted octanol–water partition coefficient (Wildman–Crippen LogP) is 4.67. The average Bonchev–Trinajstić information content (AvgIpc) is 3.39. The lowest BCUT2D eigenvalue weighted by molar-refractivity contribution is -0.175. The summed E-state index contributed by atoms with van der Waals surface area (Å²) < 4.78 is 18.9. The third-order valence-electron chi connectivity index (χ3n) is 8.80. The molecule has 3 aromatic carbocycles. The number of benzene rings is 3. The van der Waals surface area contributed by atoms with Crippen LogP contribution in [0, 0.1) is 0 Å². The molecule has 2 fully saturated rings. The van der Waals surface area contributed by atoms with Crippen molar-refractivity contribution in [2.45, 2.75) is 82.4 Å². The molecule has 4 atom stereocenters. The van der Waals surface area contributed by atoms with E-state index in [2.05, 4.69) is 69.3 Å². The SMILES string of the molecule is COc1ccc(CO[C@H]2C[C@](C)(O)C(=O)N3[C@H](CO[Si](c4ccccc4)(c4ccccc4)C(C)(C)C)CC[C@@H]23)cc1. The second kappa shape index (κ2) is 11.7. The van der Waals surface area contributed by atoms with Gasteiger partial charge in [-0.15, -0.1) is 0 Å². The molecule has 1 N–H and O–H groups in total. The molecule has 41 heavy (non-hydrogen) atoms. The van der Waals surface area contributed by atoms with Crippen molar-refractivity contribution >= 4 is 24.6 Å². The number of amides is 1. The number of ether oxygens (including phenoxy) is 2. The standard InChI is InChI=1S/C34H43NO5Si/c1-33(2,3)41(28-12-8-6-9-13-28,29-14-10-7-11-15-29)40-24-26-18-21-30-31(22-34(4,37)32(36)35(26)30)39-23-25-16-19-27(38-5)20-17-25/h6-17,19-20,26,30-31,37H,18,21-24H2,1-5H3/t26-,30-,31-,34-/m0/s1. The van der Waals surface area contributed by atoms with E-state index in [0.29, 0.717) is 13.2 Å². The third-order valence-corrected chi connectivity index (χ3v) is 13.8. The van der Waals surface area contributed by atoms with Gasteiger partial charge in [0.15, 0.2) is 0 Å². The number of carbonyl (C=O) groups excluding carboxylic acids is 1. The van der Waals surface area contributed by atoms with Gasteiger partial charge in [-0.2, -0.15) is 0 Å². The summed E-state index contributed by atoms with van der Waals surface area (Å²) in [5.41, 5.74) is -0.459. The lowest BCUT2D eigenvalue weighted by Crippen LogP contribution is -2.68. The van der Waals surface area contributed by atoms with E-state index < -0.39 is 13.9 Å². The lowest BCUT2D eigenvalue weighted by Gasteiger charge is -2.47. The first-order chi connectivity index (χ1) is 19.6. The molecule has 0 aliphatic carbocycles. The van der Waals surface area contributed by atoms with Gasteiger partial charge in [0.25, 0.3) is 14.2 Å². The summed E-state index contributed by atoms with van der Waals surface area (Å²) in [5, 5.41) is 13.5. The van der Waals surface area contributed by atoms with E-state index in [0.717, 1.165) is 24.2 Å². The molecule has 0 unspecified atom stereocenters. The van der Waals surface area contributed by atoms with Gasteiger partial charge in [0, 0.05) is 6.42 Å². The summed E-state index contributed by atoms with van der Waals surface area (Å²) in [4.78, 5) is 15.5. The third kappa shape index (κ3) is 5.73. The first kappa shape index (κ1) is 29.5. The number of fused-ring (bicyclic) bond motifs is 1. The molecule has 2 saturated heterocycles. The van der Waals surface area contributed by atoms with E-state index in [4.69, 9.17) is 13.9 Å². The molecule has 3 aromatic rings. The van der Waals surface area contributed by atoms with Crippen LogP contribution in [-0.4, -0.2) is 61.7 Å². The van der Waals surface area contributed by atoms with E-state index in [1.165, 1.54) is 10.4 Å². The summed E-state index contributed by atoms with van der Waals surface area (Å²) >= 11 is 0. The van der Waals surface area contributed by atoms with E-state index in [9.17, 15) is 9.90 Å². The van der Waals surface area contributed by atoms with Crippen LogP contribution in [-0.2, 0) is 20.6 Å². The Kier molecular flexibility index (Phi) is 8.44. The minimum absolute atomic E-state index is 0.0891. The zero-order valence-corrected chi connectivity index (χ0v) is 25.9. The molecule has 2 aliphatic heterocycles. The molecule has 6 nitrogen and oxygen atoms in total. The molecule has 0 bridgehead atoms. The summed E-state index contributed by atoms with van der Waals surface area (Å²) in [6.07, 6.45) is 1.66. The van der Waals surface area contributed by atoms with Crippen molar-refractivity contribution in [2.75, 3.05) is 13.7 Å². The fourth-order valence-corrected chi connectivity index (χ4v) is 11.3. The van der Waals surface area contributed by atoms with Crippen LogP contribution in [0.4, 0.5) is 0 Å². The van der Waals surface area contributed by atoms with Crippen LogP contribution in [0.3, 0.4) is 0 Å². The zero-order chi connectivity index (χ0) is 29.3. The molecular formula is C34H43NO5Si. The summed E-state index contributed by atoms with van der Waals surface area (Å²) in [6, 6.07) is 28.7. The Bertz CT molecular complexity index is 1270. The van der Waals surface area contributed by atoms with Gasteiger partial charge in [0.1, 0.15) is 11.4 Å². The van der Waals surface area contributed by atoms with E-state index in [1.54, 1.807) is 14.0 Å². The number of hydrogen-bond acceptors (Lipinski definition) is 5. The number of aliphatic hydroxyl groups is 1. The molecule has 2 aliphatic rings. The molecule has 5 rings (SSSR count). The Balaban J connectivity index is 1.40. The van der Waals surface area contributed by atoms with Gasteiger partial charge in [-0.25, -0.2) is 0 Å². The predicted molar refractivity (Wildman–Crippen MR) is 164 cm³/mol. The van der Waals surface area contributed by atoms with E-state index in [1.807, 2.05) is 41.3 Å². The van der Waals surface area contributed by atoms with Gasteiger partial charge in [0.05, 0.1) is 38.5 Å². The van der Waals surface area contributed by atoms with Crippen molar-refractivity contribution in [3.63, 3.8) is 0 Å². The fourth-order valence-electron chi connectivity index (χ4n) is 6.73. The Morgan fingerprint density at radius 3 is 2.05 bits per heavy atom. The molecule has 0 aromatic heterocycles. The van der Waals surface area contributed by atoms with Crippen LogP contribution in [0.25, 0.3) is 0 Å². The fraction of sp³-hybridized carbons (Fsp3) is 0.441. The Labute approximate surface area is 245 Å². The summed E-state index contributed by atoms with van der Waals surface area (Å²) in [6.45, 7) is 9.22. The van der Waals surface area contributed by atoms with Crippen LogP contribution in [0.1, 0.15) is 52.5 Å². The topological polar surface area (TPSA) is 68.2 Å². The molecule has 7 heteroatoms. The second-order valence-corrected chi connectivity index (χ2v) is 17.0. The quantitative estimate of drug-likeness (QED) is 0.377. The second-order valence-electron chi connectivity index (χ2n) is 12.7. The monoisotopic (exact) mass is 573 g/mol. The molecule has 218 valence electrons.